The van der Waals surface area contributed by atoms with E-state index >= 15 is 0 Å². The molecule has 3 aromatic rings. The van der Waals surface area contributed by atoms with Crippen LogP contribution in [0.15, 0.2) is 52.8 Å². The predicted octanol–water partition coefficient (Wildman–Crippen LogP) is 2.78. The van der Waals surface area contributed by atoms with Gasteiger partial charge in [0.25, 0.3) is 5.56 Å². The molecule has 1 aromatic carbocycles. The van der Waals surface area contributed by atoms with Crippen molar-refractivity contribution in [3.63, 3.8) is 0 Å². The standard InChI is InChI=1S/C22H26N4O4/c1-6-12-24-20(27)18-19(23-13-25(18)15(5)21(28)30-7-2)26(22(24)29)17-10-8-16(9-11-17)14(3)4/h6,8-11,13-15H,1,7,12H2,2-5H3/t15-/m0/s1. The first-order chi connectivity index (χ1) is 14.3. The van der Waals surface area contributed by atoms with Gasteiger partial charge in [-0.2, -0.15) is 0 Å². The summed E-state index contributed by atoms with van der Waals surface area (Å²) >= 11 is 0. The predicted molar refractivity (Wildman–Crippen MR) is 115 cm³/mol. The van der Waals surface area contributed by atoms with Gasteiger partial charge in [0.2, 0.25) is 0 Å². The number of imidazole rings is 1. The molecule has 0 aliphatic rings. The molecular formula is C22H26N4O4. The quantitative estimate of drug-likeness (QED) is 0.441. The number of rotatable bonds is 7. The van der Waals surface area contributed by atoms with Crippen LogP contribution in [0.5, 0.6) is 0 Å². The molecule has 3 rings (SSSR count). The molecule has 8 nitrogen and oxygen atoms in total. The fraction of sp³-hybridized carbons (Fsp3) is 0.364. The summed E-state index contributed by atoms with van der Waals surface area (Å²) in [5.41, 5.74) is 1.02. The Hall–Kier alpha value is -3.42. The van der Waals surface area contributed by atoms with E-state index in [1.165, 1.54) is 21.5 Å². The minimum absolute atomic E-state index is 0.0383. The molecular weight excluding hydrogens is 384 g/mol. The number of carbonyl (C=O) groups is 1. The average Bonchev–Trinajstić information content (AvgIpc) is 3.16. The van der Waals surface area contributed by atoms with Crippen LogP contribution in [0.4, 0.5) is 0 Å². The summed E-state index contributed by atoms with van der Waals surface area (Å²) in [4.78, 5) is 42.9. The molecule has 0 unspecified atom stereocenters. The molecule has 0 amide bonds. The lowest BCUT2D eigenvalue weighted by atomic mass is 10.0. The van der Waals surface area contributed by atoms with E-state index in [0.29, 0.717) is 11.6 Å². The lowest BCUT2D eigenvalue weighted by Crippen LogP contribution is -2.40. The van der Waals surface area contributed by atoms with Gasteiger partial charge >= 0.3 is 11.7 Å². The third-order valence-corrected chi connectivity index (χ3v) is 5.03. The topological polar surface area (TPSA) is 88.1 Å². The Bertz CT molecular complexity index is 1200. The van der Waals surface area contributed by atoms with Crippen molar-refractivity contribution < 1.29 is 9.53 Å². The van der Waals surface area contributed by atoms with Crippen LogP contribution in [-0.4, -0.2) is 31.3 Å². The first kappa shape index (κ1) is 21.3. The number of benzene rings is 1. The lowest BCUT2D eigenvalue weighted by Gasteiger charge is -2.15. The van der Waals surface area contributed by atoms with E-state index in [1.54, 1.807) is 13.8 Å². The lowest BCUT2D eigenvalue weighted by molar-refractivity contribution is -0.146. The van der Waals surface area contributed by atoms with Crippen molar-refractivity contribution in [1.29, 1.82) is 0 Å². The maximum Gasteiger partial charge on any atom is 0.337 e. The van der Waals surface area contributed by atoms with Gasteiger partial charge in [-0.25, -0.2) is 19.1 Å². The Kier molecular flexibility index (Phi) is 6.05. The number of aromatic nitrogens is 4. The fourth-order valence-corrected chi connectivity index (χ4v) is 3.35. The van der Waals surface area contributed by atoms with Gasteiger partial charge < -0.3 is 9.30 Å². The number of hydrogen-bond acceptors (Lipinski definition) is 5. The van der Waals surface area contributed by atoms with Gasteiger partial charge in [0.05, 0.1) is 18.6 Å². The molecule has 8 heteroatoms. The van der Waals surface area contributed by atoms with Gasteiger partial charge in [-0.05, 0) is 37.5 Å². The Labute approximate surface area is 174 Å². The van der Waals surface area contributed by atoms with Crippen molar-refractivity contribution in [3.8, 4) is 5.69 Å². The minimum atomic E-state index is -0.769. The third-order valence-electron chi connectivity index (χ3n) is 5.03. The maximum absolute atomic E-state index is 13.2. The monoisotopic (exact) mass is 410 g/mol. The van der Waals surface area contributed by atoms with Crippen LogP contribution >= 0.6 is 0 Å². The summed E-state index contributed by atoms with van der Waals surface area (Å²) in [6.45, 7) is 11.4. The second-order valence-electron chi connectivity index (χ2n) is 7.32. The molecule has 0 radical (unpaired) electrons. The number of hydrogen-bond donors (Lipinski definition) is 0. The minimum Gasteiger partial charge on any atom is -0.464 e. The van der Waals surface area contributed by atoms with E-state index in [-0.39, 0.29) is 24.3 Å². The summed E-state index contributed by atoms with van der Waals surface area (Å²) in [5.74, 6) is -0.138. The van der Waals surface area contributed by atoms with Crippen molar-refractivity contribution in [2.75, 3.05) is 6.61 Å². The molecule has 158 valence electrons. The van der Waals surface area contributed by atoms with E-state index in [4.69, 9.17) is 4.74 Å². The van der Waals surface area contributed by atoms with Gasteiger partial charge in [0.1, 0.15) is 6.04 Å². The second-order valence-corrected chi connectivity index (χ2v) is 7.32. The van der Waals surface area contributed by atoms with Crippen LogP contribution in [0.25, 0.3) is 16.9 Å². The van der Waals surface area contributed by atoms with Gasteiger partial charge in [-0.3, -0.25) is 9.36 Å². The molecule has 0 aliphatic heterocycles. The first-order valence-electron chi connectivity index (χ1n) is 9.92. The van der Waals surface area contributed by atoms with Crippen molar-refractivity contribution >= 4 is 17.1 Å². The highest BCUT2D eigenvalue weighted by Crippen LogP contribution is 2.20. The van der Waals surface area contributed by atoms with E-state index in [9.17, 15) is 14.4 Å². The van der Waals surface area contributed by atoms with Crippen LogP contribution in [0.2, 0.25) is 0 Å². The summed E-state index contributed by atoms with van der Waals surface area (Å²) in [5, 5.41) is 0. The van der Waals surface area contributed by atoms with E-state index in [1.807, 2.05) is 24.3 Å². The molecule has 0 N–H and O–H groups in total. The normalized spacial score (nSPS) is 12.3. The maximum atomic E-state index is 13.2. The summed E-state index contributed by atoms with van der Waals surface area (Å²) < 4.78 is 9.01. The molecule has 0 spiro atoms. The van der Waals surface area contributed by atoms with Gasteiger partial charge in [-0.15, -0.1) is 6.58 Å². The van der Waals surface area contributed by atoms with Crippen LogP contribution in [-0.2, 0) is 16.1 Å². The number of nitrogens with zero attached hydrogens (tertiary/aromatic N) is 4. The second kappa shape index (κ2) is 8.52. The summed E-state index contributed by atoms with van der Waals surface area (Å²) in [6.07, 6.45) is 2.88. The van der Waals surface area contributed by atoms with Crippen molar-refractivity contribution in [3.05, 3.63) is 69.6 Å². The van der Waals surface area contributed by atoms with Gasteiger partial charge in [-0.1, -0.05) is 32.1 Å². The van der Waals surface area contributed by atoms with E-state index < -0.39 is 23.3 Å². The largest absolute Gasteiger partial charge is 0.464 e. The zero-order valence-electron chi connectivity index (χ0n) is 17.7. The van der Waals surface area contributed by atoms with E-state index in [2.05, 4.69) is 25.4 Å². The number of carbonyl (C=O) groups excluding carboxylic acids is 1. The smallest absolute Gasteiger partial charge is 0.337 e. The van der Waals surface area contributed by atoms with Crippen LogP contribution in [0.1, 0.15) is 45.2 Å². The van der Waals surface area contributed by atoms with Crippen molar-refractivity contribution in [1.82, 2.24) is 18.7 Å². The molecule has 2 aromatic heterocycles. The number of fused-ring (bicyclic) bond motifs is 1. The van der Waals surface area contributed by atoms with Gasteiger partial charge in [0.15, 0.2) is 11.2 Å². The van der Waals surface area contributed by atoms with Crippen LogP contribution < -0.4 is 11.2 Å². The number of esters is 1. The zero-order chi connectivity index (χ0) is 22.0. The average molecular weight is 410 g/mol. The number of ether oxygens (including phenoxy) is 1. The number of allylic oxidation sites excluding steroid dienone is 1. The van der Waals surface area contributed by atoms with Crippen molar-refractivity contribution in [2.24, 2.45) is 0 Å². The SMILES string of the molecule is C=CCn1c(=O)c2c(ncn2[C@@H](C)C(=O)OCC)n(-c2ccc(C(C)C)cc2)c1=O. The molecule has 0 bridgehead atoms. The Balaban J connectivity index is 2.32. The Morgan fingerprint density at radius 2 is 1.87 bits per heavy atom. The molecule has 0 fully saturated rings. The third kappa shape index (κ3) is 3.60. The van der Waals surface area contributed by atoms with Crippen molar-refractivity contribution in [2.45, 2.75) is 46.2 Å². The fourth-order valence-electron chi connectivity index (χ4n) is 3.35. The molecule has 0 saturated heterocycles. The highest BCUT2D eigenvalue weighted by molar-refractivity contribution is 5.79. The highest BCUT2D eigenvalue weighted by Gasteiger charge is 2.24. The zero-order valence-corrected chi connectivity index (χ0v) is 17.7. The summed E-state index contributed by atoms with van der Waals surface area (Å²) in [7, 11) is 0. The molecule has 1 atom stereocenters. The molecule has 0 aliphatic carbocycles. The highest BCUT2D eigenvalue weighted by atomic mass is 16.5. The molecule has 2 heterocycles. The Morgan fingerprint density at radius 1 is 1.20 bits per heavy atom. The first-order valence-corrected chi connectivity index (χ1v) is 9.92. The van der Waals surface area contributed by atoms with Crippen LogP contribution in [0, 0.1) is 0 Å². The molecule has 30 heavy (non-hydrogen) atoms. The Morgan fingerprint density at radius 3 is 2.43 bits per heavy atom. The van der Waals surface area contributed by atoms with E-state index in [0.717, 1.165) is 10.1 Å². The summed E-state index contributed by atoms with van der Waals surface area (Å²) in [6, 6.07) is 6.77. The van der Waals surface area contributed by atoms with Gasteiger partial charge in [0, 0.05) is 6.54 Å². The molecule has 0 saturated carbocycles. The van der Waals surface area contributed by atoms with Crippen LogP contribution in [0.3, 0.4) is 0 Å².